The average molecular weight is 285 g/mol. The number of rotatable bonds is 2. The molecule has 1 aromatic heterocycles. The number of nitriles is 1. The number of anilines is 1. The normalized spacial score (nSPS) is 27.5. The first-order valence-corrected chi connectivity index (χ1v) is 7.40. The third-order valence-corrected chi connectivity index (χ3v) is 4.87. The first kappa shape index (κ1) is 13.9. The van der Waals surface area contributed by atoms with Gasteiger partial charge in [0.1, 0.15) is 12.1 Å². The van der Waals surface area contributed by atoms with Crippen molar-refractivity contribution in [3.63, 3.8) is 0 Å². The number of hydrogen-bond acceptors (Lipinski definition) is 4. The second kappa shape index (κ2) is 5.03. The van der Waals surface area contributed by atoms with Crippen molar-refractivity contribution in [2.45, 2.75) is 39.2 Å². The number of aliphatic carboxylic acids is 1. The van der Waals surface area contributed by atoms with Gasteiger partial charge in [-0.2, -0.15) is 5.26 Å². The fraction of sp³-hybridized carbons (Fsp3) is 0.562. The van der Waals surface area contributed by atoms with Crippen LogP contribution >= 0.6 is 0 Å². The molecule has 1 saturated heterocycles. The number of aromatic nitrogens is 1. The molecule has 0 spiro atoms. The zero-order valence-corrected chi connectivity index (χ0v) is 12.3. The van der Waals surface area contributed by atoms with Crippen LogP contribution in [0.4, 0.5) is 5.69 Å². The lowest BCUT2D eigenvalue weighted by atomic mass is 9.94. The van der Waals surface area contributed by atoms with Crippen LogP contribution in [0.2, 0.25) is 0 Å². The minimum absolute atomic E-state index is 0.211. The summed E-state index contributed by atoms with van der Waals surface area (Å²) in [5.41, 5.74) is 2.74. The fourth-order valence-corrected chi connectivity index (χ4v) is 4.04. The summed E-state index contributed by atoms with van der Waals surface area (Å²) < 4.78 is 0. The van der Waals surface area contributed by atoms with Gasteiger partial charge < -0.3 is 10.0 Å². The zero-order valence-electron chi connectivity index (χ0n) is 12.3. The summed E-state index contributed by atoms with van der Waals surface area (Å²) >= 11 is 0. The van der Waals surface area contributed by atoms with E-state index in [0.29, 0.717) is 17.2 Å². The minimum Gasteiger partial charge on any atom is -0.480 e. The zero-order chi connectivity index (χ0) is 15.1. The number of nitrogens with zero attached hydrogens (tertiary/aromatic N) is 3. The molecular formula is C16H19N3O2. The van der Waals surface area contributed by atoms with Crippen LogP contribution in [0.1, 0.15) is 36.2 Å². The van der Waals surface area contributed by atoms with Crippen LogP contribution in [-0.2, 0) is 4.79 Å². The highest BCUT2D eigenvalue weighted by Gasteiger charge is 2.48. The molecular weight excluding hydrogens is 266 g/mol. The van der Waals surface area contributed by atoms with Crippen LogP contribution in [-0.4, -0.2) is 28.6 Å². The fourth-order valence-electron chi connectivity index (χ4n) is 4.04. The average Bonchev–Trinajstić information content (AvgIpc) is 2.96. The van der Waals surface area contributed by atoms with Crippen molar-refractivity contribution < 1.29 is 9.90 Å². The molecule has 5 heteroatoms. The van der Waals surface area contributed by atoms with Crippen LogP contribution in [0.25, 0.3) is 0 Å². The first-order valence-electron chi connectivity index (χ1n) is 7.40. The van der Waals surface area contributed by atoms with E-state index >= 15 is 0 Å². The van der Waals surface area contributed by atoms with Gasteiger partial charge in [0.25, 0.3) is 0 Å². The summed E-state index contributed by atoms with van der Waals surface area (Å²) in [5.74, 6) is -0.130. The Morgan fingerprint density at radius 2 is 2.24 bits per heavy atom. The van der Waals surface area contributed by atoms with E-state index in [1.165, 1.54) is 0 Å². The number of carboxylic acids is 1. The molecule has 0 radical (unpaired) electrons. The van der Waals surface area contributed by atoms with Crippen molar-refractivity contribution in [2.24, 2.45) is 11.8 Å². The van der Waals surface area contributed by atoms with Gasteiger partial charge in [0.2, 0.25) is 0 Å². The van der Waals surface area contributed by atoms with Gasteiger partial charge in [-0.05, 0) is 44.6 Å². The van der Waals surface area contributed by atoms with E-state index in [-0.39, 0.29) is 5.92 Å². The third-order valence-electron chi connectivity index (χ3n) is 4.87. The highest BCUT2D eigenvalue weighted by molar-refractivity contribution is 5.81. The topological polar surface area (TPSA) is 77.2 Å². The molecule has 0 amide bonds. The number of carboxylic acid groups (broad SMARTS) is 1. The number of hydrogen-bond donors (Lipinski definition) is 1. The van der Waals surface area contributed by atoms with Gasteiger partial charge in [0.15, 0.2) is 0 Å². The van der Waals surface area contributed by atoms with Crippen molar-refractivity contribution >= 4 is 11.7 Å². The van der Waals surface area contributed by atoms with Crippen molar-refractivity contribution in [3.05, 3.63) is 23.0 Å². The second-order valence-corrected chi connectivity index (χ2v) is 6.15. The van der Waals surface area contributed by atoms with Crippen LogP contribution in [0.15, 0.2) is 6.07 Å². The van der Waals surface area contributed by atoms with E-state index in [1.54, 1.807) is 0 Å². The smallest absolute Gasteiger partial charge is 0.326 e. The molecule has 2 heterocycles. The maximum Gasteiger partial charge on any atom is 0.326 e. The molecule has 0 aromatic carbocycles. The van der Waals surface area contributed by atoms with E-state index in [2.05, 4.69) is 11.1 Å². The predicted molar refractivity (Wildman–Crippen MR) is 78.0 cm³/mol. The van der Waals surface area contributed by atoms with E-state index in [9.17, 15) is 15.2 Å². The largest absolute Gasteiger partial charge is 0.480 e. The number of pyridine rings is 1. The third kappa shape index (κ3) is 2.15. The van der Waals surface area contributed by atoms with E-state index in [1.807, 2.05) is 24.8 Å². The Kier molecular flexibility index (Phi) is 3.32. The standard InChI is InChI=1S/C16H19N3O2/c1-9-6-14(13(7-17)10(2)18-9)19-8-11-4-3-5-12(11)15(19)16(20)21/h6,11-12,15H,3-5,8H2,1-2H3,(H,20,21). The molecule has 2 aliphatic rings. The maximum atomic E-state index is 11.8. The molecule has 1 N–H and O–H groups in total. The summed E-state index contributed by atoms with van der Waals surface area (Å²) in [5, 5.41) is 19.1. The quantitative estimate of drug-likeness (QED) is 0.901. The Morgan fingerprint density at radius 1 is 1.48 bits per heavy atom. The highest BCUT2D eigenvalue weighted by Crippen LogP contribution is 2.44. The molecule has 21 heavy (non-hydrogen) atoms. The lowest BCUT2D eigenvalue weighted by Crippen LogP contribution is -2.40. The monoisotopic (exact) mass is 285 g/mol. The van der Waals surface area contributed by atoms with Gasteiger partial charge in [0, 0.05) is 12.2 Å². The molecule has 3 rings (SSSR count). The van der Waals surface area contributed by atoms with Gasteiger partial charge in [-0.15, -0.1) is 0 Å². The Labute approximate surface area is 124 Å². The van der Waals surface area contributed by atoms with Crippen LogP contribution in [0, 0.1) is 37.0 Å². The van der Waals surface area contributed by atoms with Gasteiger partial charge in [-0.3, -0.25) is 4.98 Å². The molecule has 110 valence electrons. The Hall–Kier alpha value is -2.09. The molecule has 1 aromatic rings. The maximum absolute atomic E-state index is 11.8. The molecule has 1 aliphatic carbocycles. The molecule has 1 aliphatic heterocycles. The summed E-state index contributed by atoms with van der Waals surface area (Å²) in [4.78, 5) is 18.0. The van der Waals surface area contributed by atoms with Crippen LogP contribution in [0.5, 0.6) is 0 Å². The molecule has 3 atom stereocenters. The lowest BCUT2D eigenvalue weighted by molar-refractivity contribution is -0.139. The Bertz CT molecular complexity index is 635. The summed E-state index contributed by atoms with van der Waals surface area (Å²) in [7, 11) is 0. The Balaban J connectivity index is 2.08. The van der Waals surface area contributed by atoms with Crippen LogP contribution in [0.3, 0.4) is 0 Å². The van der Waals surface area contributed by atoms with Crippen molar-refractivity contribution in [2.75, 3.05) is 11.4 Å². The van der Waals surface area contributed by atoms with Gasteiger partial charge in [0.05, 0.1) is 16.9 Å². The first-order chi connectivity index (χ1) is 10.0. The summed E-state index contributed by atoms with van der Waals surface area (Å²) in [6, 6.07) is 3.54. The Morgan fingerprint density at radius 3 is 2.90 bits per heavy atom. The molecule has 1 saturated carbocycles. The lowest BCUT2D eigenvalue weighted by Gasteiger charge is -2.27. The SMILES string of the molecule is Cc1cc(N2CC3CCCC3C2C(=O)O)c(C#N)c(C)n1. The second-order valence-electron chi connectivity index (χ2n) is 6.15. The van der Waals surface area contributed by atoms with Gasteiger partial charge in [-0.25, -0.2) is 4.79 Å². The molecule has 5 nitrogen and oxygen atoms in total. The number of aryl methyl sites for hydroxylation is 2. The van der Waals surface area contributed by atoms with Gasteiger partial charge in [-0.1, -0.05) is 6.42 Å². The summed E-state index contributed by atoms with van der Waals surface area (Å²) in [6.07, 6.45) is 3.19. The van der Waals surface area contributed by atoms with Crippen LogP contribution < -0.4 is 4.90 Å². The predicted octanol–water partition coefficient (Wildman–Crippen LogP) is 2.26. The van der Waals surface area contributed by atoms with E-state index in [0.717, 1.165) is 37.2 Å². The molecule has 0 bridgehead atoms. The van der Waals surface area contributed by atoms with Crippen molar-refractivity contribution in [3.8, 4) is 6.07 Å². The summed E-state index contributed by atoms with van der Waals surface area (Å²) in [6.45, 7) is 4.42. The van der Waals surface area contributed by atoms with Gasteiger partial charge >= 0.3 is 5.97 Å². The number of carbonyl (C=O) groups is 1. The van der Waals surface area contributed by atoms with Crippen molar-refractivity contribution in [1.29, 1.82) is 5.26 Å². The van der Waals surface area contributed by atoms with Crippen molar-refractivity contribution in [1.82, 2.24) is 4.98 Å². The molecule has 3 unspecified atom stereocenters. The molecule has 2 fully saturated rings. The van der Waals surface area contributed by atoms with E-state index in [4.69, 9.17) is 0 Å². The van der Waals surface area contributed by atoms with E-state index < -0.39 is 12.0 Å². The minimum atomic E-state index is -0.777. The number of fused-ring (bicyclic) bond motifs is 1. The highest BCUT2D eigenvalue weighted by atomic mass is 16.4.